The molecule has 2 bridgehead atoms. The first kappa shape index (κ1) is 15.8. The number of hydrogen-bond donors (Lipinski definition) is 0. The lowest BCUT2D eigenvalue weighted by atomic mass is 10.2. The second-order valence-electron chi connectivity index (χ2n) is 6.85. The van der Waals surface area contributed by atoms with Gasteiger partial charge in [-0.3, -0.25) is 4.90 Å². The molecule has 2 saturated heterocycles. The van der Waals surface area contributed by atoms with Gasteiger partial charge in [0.1, 0.15) is 0 Å². The fourth-order valence-electron chi connectivity index (χ4n) is 3.86. The van der Waals surface area contributed by atoms with E-state index >= 15 is 0 Å². The van der Waals surface area contributed by atoms with Crippen molar-refractivity contribution in [3.8, 4) is 0 Å². The molecule has 0 spiro atoms. The highest BCUT2D eigenvalue weighted by atomic mass is 32.2. The number of likely N-dealkylation sites (tertiary alicyclic amines) is 1. The molecule has 2 aliphatic heterocycles. The van der Waals surface area contributed by atoms with Crippen LogP contribution in [-0.4, -0.2) is 42.8 Å². The summed E-state index contributed by atoms with van der Waals surface area (Å²) in [5.41, 5.74) is 2.36. The Balaban J connectivity index is 1.49. The molecule has 0 aliphatic carbocycles. The summed E-state index contributed by atoms with van der Waals surface area (Å²) in [6.45, 7) is 4.30. The van der Waals surface area contributed by atoms with Gasteiger partial charge in [-0.05, 0) is 31.0 Å². The molecule has 0 unspecified atom stereocenters. The molecule has 126 valence electrons. The molecule has 5 heteroatoms. The van der Waals surface area contributed by atoms with Gasteiger partial charge in [-0.2, -0.15) is 4.31 Å². The molecule has 0 aromatic heterocycles. The largest absolute Gasteiger partial charge is 0.293 e. The molecule has 4 nitrogen and oxygen atoms in total. The van der Waals surface area contributed by atoms with Crippen LogP contribution in [0.5, 0.6) is 0 Å². The maximum absolute atomic E-state index is 12.9. The lowest BCUT2D eigenvalue weighted by Gasteiger charge is -2.33. The zero-order valence-corrected chi connectivity index (χ0v) is 14.6. The van der Waals surface area contributed by atoms with Crippen LogP contribution >= 0.6 is 0 Å². The monoisotopic (exact) mass is 342 g/mol. The number of fused-ring (bicyclic) bond motifs is 2. The van der Waals surface area contributed by atoms with Gasteiger partial charge in [-0.1, -0.05) is 48.0 Å². The van der Waals surface area contributed by atoms with Gasteiger partial charge in [-0.15, -0.1) is 0 Å². The lowest BCUT2D eigenvalue weighted by molar-refractivity contribution is 0.174. The summed E-state index contributed by atoms with van der Waals surface area (Å²) >= 11 is 0. The highest BCUT2D eigenvalue weighted by molar-refractivity contribution is 7.89. The maximum atomic E-state index is 12.9. The molecule has 0 N–H and O–H groups in total. The van der Waals surface area contributed by atoms with Gasteiger partial charge in [0.15, 0.2) is 0 Å². The average molecular weight is 342 g/mol. The number of benzene rings is 2. The molecule has 0 saturated carbocycles. The van der Waals surface area contributed by atoms with Gasteiger partial charge in [0, 0.05) is 31.7 Å². The lowest BCUT2D eigenvalue weighted by Crippen LogP contribution is -2.48. The number of aryl methyl sites for hydroxylation is 1. The van der Waals surface area contributed by atoms with Gasteiger partial charge in [-0.25, -0.2) is 8.42 Å². The van der Waals surface area contributed by atoms with Gasteiger partial charge >= 0.3 is 0 Å². The number of piperazine rings is 1. The molecule has 2 aromatic carbocycles. The van der Waals surface area contributed by atoms with Crippen molar-refractivity contribution in [2.24, 2.45) is 0 Å². The Morgan fingerprint density at radius 2 is 1.67 bits per heavy atom. The summed E-state index contributed by atoms with van der Waals surface area (Å²) in [6.07, 6.45) is 0.942. The van der Waals surface area contributed by atoms with E-state index in [1.54, 1.807) is 16.4 Å². The fourth-order valence-corrected chi connectivity index (χ4v) is 5.53. The van der Waals surface area contributed by atoms with E-state index in [2.05, 4.69) is 29.2 Å². The predicted molar refractivity (Wildman–Crippen MR) is 94.1 cm³/mol. The zero-order chi connectivity index (χ0) is 16.7. The van der Waals surface area contributed by atoms with Crippen LogP contribution in [0.1, 0.15) is 17.5 Å². The fraction of sp³-hybridized carbons (Fsp3) is 0.368. The number of nitrogens with zero attached hydrogens (tertiary/aromatic N) is 2. The van der Waals surface area contributed by atoms with Crippen molar-refractivity contribution in [2.45, 2.75) is 36.9 Å². The van der Waals surface area contributed by atoms with E-state index in [0.717, 1.165) is 25.1 Å². The molecule has 24 heavy (non-hydrogen) atoms. The normalized spacial score (nSPS) is 24.5. The van der Waals surface area contributed by atoms with E-state index in [1.807, 2.05) is 25.1 Å². The summed E-state index contributed by atoms with van der Waals surface area (Å²) in [5, 5.41) is 0. The second-order valence-corrected chi connectivity index (χ2v) is 8.74. The molecule has 2 aliphatic rings. The zero-order valence-electron chi connectivity index (χ0n) is 13.8. The first-order valence-electron chi connectivity index (χ1n) is 8.40. The van der Waals surface area contributed by atoms with Gasteiger partial charge < -0.3 is 0 Å². The Morgan fingerprint density at radius 1 is 0.958 bits per heavy atom. The van der Waals surface area contributed by atoms with E-state index in [-0.39, 0.29) is 6.04 Å². The van der Waals surface area contributed by atoms with E-state index in [0.29, 0.717) is 17.5 Å². The average Bonchev–Trinajstić information content (AvgIpc) is 3.17. The third-order valence-electron chi connectivity index (χ3n) is 5.16. The summed E-state index contributed by atoms with van der Waals surface area (Å²) in [6, 6.07) is 18.0. The highest BCUT2D eigenvalue weighted by Crippen LogP contribution is 2.35. The van der Waals surface area contributed by atoms with Crippen LogP contribution in [0.25, 0.3) is 0 Å². The van der Waals surface area contributed by atoms with Crippen LogP contribution in [0.3, 0.4) is 0 Å². The molecule has 2 aromatic rings. The molecular weight excluding hydrogens is 320 g/mol. The van der Waals surface area contributed by atoms with Gasteiger partial charge in [0.2, 0.25) is 10.0 Å². The Hall–Kier alpha value is -1.69. The van der Waals surface area contributed by atoms with Crippen molar-refractivity contribution in [1.82, 2.24) is 9.21 Å². The number of hydrogen-bond acceptors (Lipinski definition) is 3. The van der Waals surface area contributed by atoms with E-state index in [4.69, 9.17) is 0 Å². The van der Waals surface area contributed by atoms with Gasteiger partial charge in [0.05, 0.1) is 4.90 Å². The summed E-state index contributed by atoms with van der Waals surface area (Å²) in [5.74, 6) is 0. The summed E-state index contributed by atoms with van der Waals surface area (Å²) in [7, 11) is -3.38. The predicted octanol–water partition coefficient (Wildman–Crippen LogP) is 2.64. The first-order chi connectivity index (χ1) is 11.5. The Kier molecular flexibility index (Phi) is 3.95. The molecule has 2 heterocycles. The highest BCUT2D eigenvalue weighted by Gasteiger charge is 2.48. The SMILES string of the molecule is Cc1ccc(S(=O)(=O)N2C[C@H]3C[C@H]2CN3Cc2ccccc2)cc1. The Labute approximate surface area is 143 Å². The van der Waals surface area contributed by atoms with E-state index in [1.165, 1.54) is 5.56 Å². The Morgan fingerprint density at radius 3 is 2.29 bits per heavy atom. The van der Waals surface area contributed by atoms with Crippen LogP contribution in [0.2, 0.25) is 0 Å². The first-order valence-corrected chi connectivity index (χ1v) is 9.84. The van der Waals surface area contributed by atoms with E-state index in [9.17, 15) is 8.42 Å². The van der Waals surface area contributed by atoms with Crippen LogP contribution in [0, 0.1) is 6.92 Å². The standard InChI is InChI=1S/C19H22N2O2S/c1-15-7-9-19(10-8-15)24(22,23)21-14-17-11-18(21)13-20(17)12-16-5-3-2-4-6-16/h2-10,17-18H,11-14H2,1H3/t17-,18+/m1/s1. The minimum absolute atomic E-state index is 0.102. The molecule has 2 atom stereocenters. The quantitative estimate of drug-likeness (QED) is 0.858. The maximum Gasteiger partial charge on any atom is 0.243 e. The van der Waals surface area contributed by atoms with E-state index < -0.39 is 10.0 Å². The summed E-state index contributed by atoms with van der Waals surface area (Å²) in [4.78, 5) is 2.83. The minimum Gasteiger partial charge on any atom is -0.293 e. The number of rotatable bonds is 4. The molecule has 0 amide bonds. The topological polar surface area (TPSA) is 40.6 Å². The van der Waals surface area contributed by atoms with Crippen molar-refractivity contribution in [1.29, 1.82) is 0 Å². The number of sulfonamides is 1. The third-order valence-corrected chi connectivity index (χ3v) is 7.09. The van der Waals surface area contributed by atoms with Crippen molar-refractivity contribution in [3.05, 3.63) is 65.7 Å². The minimum atomic E-state index is -3.38. The van der Waals surface area contributed by atoms with Crippen molar-refractivity contribution >= 4 is 10.0 Å². The van der Waals surface area contributed by atoms with Crippen LogP contribution in [-0.2, 0) is 16.6 Å². The molecule has 4 rings (SSSR count). The van der Waals surface area contributed by atoms with Gasteiger partial charge in [0.25, 0.3) is 0 Å². The molecule has 2 fully saturated rings. The van der Waals surface area contributed by atoms with Crippen LogP contribution < -0.4 is 0 Å². The van der Waals surface area contributed by atoms with Crippen molar-refractivity contribution < 1.29 is 8.42 Å². The third kappa shape index (κ3) is 2.77. The Bertz CT molecular complexity index is 818. The summed E-state index contributed by atoms with van der Waals surface area (Å²) < 4.78 is 27.5. The molecular formula is C19H22N2O2S. The second kappa shape index (κ2) is 5.99. The van der Waals surface area contributed by atoms with Crippen LogP contribution in [0.4, 0.5) is 0 Å². The van der Waals surface area contributed by atoms with Crippen molar-refractivity contribution in [2.75, 3.05) is 13.1 Å². The molecule has 0 radical (unpaired) electrons. The van der Waals surface area contributed by atoms with Crippen LogP contribution in [0.15, 0.2) is 59.5 Å². The van der Waals surface area contributed by atoms with Crippen molar-refractivity contribution in [3.63, 3.8) is 0 Å². The smallest absolute Gasteiger partial charge is 0.243 e.